The zero-order valence-corrected chi connectivity index (χ0v) is 12.4. The number of aromatic amines is 2. The number of hydrogen-bond donors (Lipinski definition) is 2. The summed E-state index contributed by atoms with van der Waals surface area (Å²) in [5, 5.41) is 6.39. The zero-order chi connectivity index (χ0) is 15.7. The van der Waals surface area contributed by atoms with Crippen LogP contribution < -0.4 is 5.69 Å². The Morgan fingerprint density at radius 1 is 1.36 bits per heavy atom. The summed E-state index contributed by atoms with van der Waals surface area (Å²) in [6.45, 7) is 0.520. The van der Waals surface area contributed by atoms with Gasteiger partial charge in [-0.15, -0.1) is 0 Å². The standard InChI is InChI=1S/C14H14ClFN4O2/c15-9-5-8(6-10(16)7-9)13(21)20-4-2-1-3-11(20)12-17-14(22)19-18-12/h5-7,11H,1-4H2,(H2,17,18,19,22)/t11-/m0/s1. The Morgan fingerprint density at radius 2 is 2.18 bits per heavy atom. The van der Waals surface area contributed by atoms with Gasteiger partial charge in [-0.3, -0.25) is 9.78 Å². The van der Waals surface area contributed by atoms with Crippen LogP contribution in [-0.4, -0.2) is 32.5 Å². The van der Waals surface area contributed by atoms with Crippen molar-refractivity contribution >= 4 is 17.5 Å². The van der Waals surface area contributed by atoms with E-state index in [9.17, 15) is 14.0 Å². The maximum atomic E-state index is 13.5. The smallest absolute Gasteiger partial charge is 0.328 e. The molecule has 2 aromatic rings. The molecular weight excluding hydrogens is 311 g/mol. The molecule has 22 heavy (non-hydrogen) atoms. The van der Waals surface area contributed by atoms with E-state index < -0.39 is 11.5 Å². The van der Waals surface area contributed by atoms with E-state index in [0.717, 1.165) is 25.0 Å². The number of carbonyl (C=O) groups excluding carboxylic acids is 1. The second-order valence-corrected chi connectivity index (χ2v) is 5.67. The molecule has 1 aromatic heterocycles. The third-order valence-corrected chi connectivity index (χ3v) is 3.93. The van der Waals surface area contributed by atoms with Crippen LogP contribution in [0.2, 0.25) is 5.02 Å². The first-order valence-electron chi connectivity index (χ1n) is 6.96. The summed E-state index contributed by atoms with van der Waals surface area (Å²) in [6, 6.07) is 3.42. The lowest BCUT2D eigenvalue weighted by Crippen LogP contribution is -2.39. The average Bonchev–Trinajstić information content (AvgIpc) is 2.92. The molecule has 0 aliphatic carbocycles. The van der Waals surface area contributed by atoms with Crippen molar-refractivity contribution in [3.8, 4) is 0 Å². The molecule has 6 nitrogen and oxygen atoms in total. The number of benzene rings is 1. The van der Waals surface area contributed by atoms with Crippen LogP contribution in [0.1, 0.15) is 41.5 Å². The number of rotatable bonds is 2. The third kappa shape index (κ3) is 2.89. The highest BCUT2D eigenvalue weighted by molar-refractivity contribution is 6.31. The van der Waals surface area contributed by atoms with Gasteiger partial charge in [0.2, 0.25) is 0 Å². The number of H-pyrrole nitrogens is 2. The van der Waals surface area contributed by atoms with Gasteiger partial charge in [-0.2, -0.15) is 5.10 Å². The summed E-state index contributed by atoms with van der Waals surface area (Å²) in [5.74, 6) is -0.465. The molecule has 2 heterocycles. The molecule has 1 amide bonds. The molecule has 1 aliphatic heterocycles. The highest BCUT2D eigenvalue weighted by Gasteiger charge is 2.31. The van der Waals surface area contributed by atoms with E-state index >= 15 is 0 Å². The summed E-state index contributed by atoms with van der Waals surface area (Å²) in [4.78, 5) is 28.1. The molecule has 0 unspecified atom stereocenters. The van der Waals surface area contributed by atoms with Crippen LogP contribution >= 0.6 is 11.6 Å². The summed E-state index contributed by atoms with van der Waals surface area (Å²) < 4.78 is 13.5. The van der Waals surface area contributed by atoms with Crippen molar-refractivity contribution < 1.29 is 9.18 Å². The molecule has 0 saturated carbocycles. The van der Waals surface area contributed by atoms with Gasteiger partial charge in [-0.05, 0) is 37.5 Å². The highest BCUT2D eigenvalue weighted by atomic mass is 35.5. The fraction of sp³-hybridized carbons (Fsp3) is 0.357. The van der Waals surface area contributed by atoms with Crippen molar-refractivity contribution in [2.75, 3.05) is 6.54 Å². The maximum absolute atomic E-state index is 13.5. The molecule has 1 atom stereocenters. The Balaban J connectivity index is 1.93. The first kappa shape index (κ1) is 14.8. The molecule has 3 rings (SSSR count). The number of carbonyl (C=O) groups is 1. The van der Waals surface area contributed by atoms with Gasteiger partial charge < -0.3 is 4.90 Å². The molecule has 1 saturated heterocycles. The topological polar surface area (TPSA) is 81.8 Å². The number of piperidine rings is 1. The Morgan fingerprint density at radius 3 is 2.86 bits per heavy atom. The van der Waals surface area contributed by atoms with Crippen LogP contribution in [0.4, 0.5) is 4.39 Å². The number of amides is 1. The van der Waals surface area contributed by atoms with Gasteiger partial charge in [0, 0.05) is 17.1 Å². The number of hydrogen-bond acceptors (Lipinski definition) is 3. The van der Waals surface area contributed by atoms with Gasteiger partial charge in [0.15, 0.2) is 5.82 Å². The van der Waals surface area contributed by atoms with Crippen molar-refractivity contribution in [2.24, 2.45) is 0 Å². The summed E-state index contributed by atoms with van der Waals surface area (Å²) in [6.07, 6.45) is 2.46. The van der Waals surface area contributed by atoms with E-state index in [-0.39, 0.29) is 22.5 Å². The molecule has 0 bridgehead atoms. The minimum absolute atomic E-state index is 0.171. The summed E-state index contributed by atoms with van der Waals surface area (Å²) in [5.41, 5.74) is -0.225. The van der Waals surface area contributed by atoms with Crippen LogP contribution in [0.15, 0.2) is 23.0 Å². The Hall–Kier alpha value is -2.15. The lowest BCUT2D eigenvalue weighted by molar-refractivity contribution is 0.0600. The summed E-state index contributed by atoms with van der Waals surface area (Å²) >= 11 is 5.81. The van der Waals surface area contributed by atoms with Crippen molar-refractivity contribution in [3.63, 3.8) is 0 Å². The van der Waals surface area contributed by atoms with Crippen LogP contribution in [-0.2, 0) is 0 Å². The minimum Gasteiger partial charge on any atom is -0.328 e. The molecular formula is C14H14ClFN4O2. The number of likely N-dealkylation sites (tertiary alicyclic amines) is 1. The summed E-state index contributed by atoms with van der Waals surface area (Å²) in [7, 11) is 0. The largest absolute Gasteiger partial charge is 0.340 e. The van der Waals surface area contributed by atoms with E-state index in [1.54, 1.807) is 4.90 Å². The van der Waals surface area contributed by atoms with Crippen molar-refractivity contribution in [2.45, 2.75) is 25.3 Å². The number of nitrogens with zero attached hydrogens (tertiary/aromatic N) is 2. The minimum atomic E-state index is -0.558. The fourth-order valence-electron chi connectivity index (χ4n) is 2.74. The second kappa shape index (κ2) is 5.92. The van der Waals surface area contributed by atoms with Gasteiger partial charge in [0.05, 0.1) is 6.04 Å². The first-order chi connectivity index (χ1) is 10.5. The van der Waals surface area contributed by atoms with Crippen LogP contribution in [0, 0.1) is 5.82 Å². The van der Waals surface area contributed by atoms with E-state index in [2.05, 4.69) is 15.2 Å². The molecule has 116 valence electrons. The first-order valence-corrected chi connectivity index (χ1v) is 7.34. The fourth-order valence-corrected chi connectivity index (χ4v) is 2.96. The lowest BCUT2D eigenvalue weighted by atomic mass is 10.00. The Bertz CT molecular complexity index is 737. The van der Waals surface area contributed by atoms with E-state index in [0.29, 0.717) is 18.8 Å². The van der Waals surface area contributed by atoms with Crippen LogP contribution in [0.5, 0.6) is 0 Å². The Kier molecular flexibility index (Phi) is 3.98. The molecule has 1 fully saturated rings. The van der Waals surface area contributed by atoms with Gasteiger partial charge in [-0.25, -0.2) is 14.3 Å². The van der Waals surface area contributed by atoms with Crippen molar-refractivity contribution in [3.05, 3.63) is 50.9 Å². The third-order valence-electron chi connectivity index (χ3n) is 3.71. The van der Waals surface area contributed by atoms with Gasteiger partial charge in [0.1, 0.15) is 5.82 Å². The van der Waals surface area contributed by atoms with Gasteiger partial charge in [-0.1, -0.05) is 11.6 Å². The van der Waals surface area contributed by atoms with Crippen molar-refractivity contribution in [1.82, 2.24) is 20.1 Å². The van der Waals surface area contributed by atoms with Crippen LogP contribution in [0.3, 0.4) is 0 Å². The number of aromatic nitrogens is 3. The molecule has 2 N–H and O–H groups in total. The number of nitrogens with one attached hydrogen (secondary N) is 2. The lowest BCUT2D eigenvalue weighted by Gasteiger charge is -2.34. The van der Waals surface area contributed by atoms with Gasteiger partial charge >= 0.3 is 5.69 Å². The van der Waals surface area contributed by atoms with E-state index in [1.807, 2.05) is 0 Å². The van der Waals surface area contributed by atoms with Crippen molar-refractivity contribution in [1.29, 1.82) is 0 Å². The predicted molar refractivity (Wildman–Crippen MR) is 78.2 cm³/mol. The number of halogens is 2. The highest BCUT2D eigenvalue weighted by Crippen LogP contribution is 2.30. The van der Waals surface area contributed by atoms with Crippen LogP contribution in [0.25, 0.3) is 0 Å². The maximum Gasteiger partial charge on any atom is 0.340 e. The average molecular weight is 325 g/mol. The molecule has 1 aromatic carbocycles. The Labute approximate surface area is 130 Å². The SMILES string of the molecule is O=C(c1cc(F)cc(Cl)c1)N1CCCC[C@H]1c1n[nH]c(=O)[nH]1. The molecule has 1 aliphatic rings. The monoisotopic (exact) mass is 324 g/mol. The predicted octanol–water partition coefficient (Wildman–Crippen LogP) is 2.26. The van der Waals surface area contributed by atoms with Gasteiger partial charge in [0.25, 0.3) is 5.91 Å². The molecule has 8 heteroatoms. The van der Waals surface area contributed by atoms with E-state index in [1.165, 1.54) is 6.07 Å². The molecule has 0 spiro atoms. The zero-order valence-electron chi connectivity index (χ0n) is 11.6. The molecule has 0 radical (unpaired) electrons. The quantitative estimate of drug-likeness (QED) is 0.889. The second-order valence-electron chi connectivity index (χ2n) is 5.23. The normalized spacial score (nSPS) is 18.5. The van der Waals surface area contributed by atoms with E-state index in [4.69, 9.17) is 11.6 Å².